The minimum Gasteiger partial charge on any atom is -0.0843 e. The summed E-state index contributed by atoms with van der Waals surface area (Å²) < 4.78 is 1.31. The van der Waals surface area contributed by atoms with Crippen LogP contribution in [0.4, 0.5) is 0 Å². The van der Waals surface area contributed by atoms with Crippen LogP contribution in [0.3, 0.4) is 0 Å². The highest BCUT2D eigenvalue weighted by molar-refractivity contribution is 14.1. The fourth-order valence-corrected chi connectivity index (χ4v) is 4.46. The molecule has 0 bridgehead atoms. The van der Waals surface area contributed by atoms with Crippen LogP contribution in [0, 0.1) is 3.57 Å². The summed E-state index contributed by atoms with van der Waals surface area (Å²) in [6, 6.07) is 17.3. The maximum Gasteiger partial charge on any atom is 0.0409 e. The van der Waals surface area contributed by atoms with Gasteiger partial charge in [0, 0.05) is 14.0 Å². The summed E-state index contributed by atoms with van der Waals surface area (Å²) in [7, 11) is 0. The molecular formula is C19H14ClI. The number of benzene rings is 3. The second-order valence-corrected chi connectivity index (χ2v) is 7.74. The lowest BCUT2D eigenvalue weighted by atomic mass is 9.82. The Morgan fingerprint density at radius 2 is 1.62 bits per heavy atom. The summed E-state index contributed by atoms with van der Waals surface area (Å²) in [6.45, 7) is 4.58. The van der Waals surface area contributed by atoms with Crippen molar-refractivity contribution in [2.75, 3.05) is 0 Å². The molecule has 21 heavy (non-hydrogen) atoms. The van der Waals surface area contributed by atoms with Crippen LogP contribution >= 0.6 is 34.2 Å². The first kappa shape index (κ1) is 13.6. The normalized spacial score (nSPS) is 15.0. The third-order valence-electron chi connectivity index (χ3n) is 4.59. The van der Waals surface area contributed by atoms with Crippen LogP contribution in [0.5, 0.6) is 0 Å². The molecule has 4 rings (SSSR count). The first-order chi connectivity index (χ1) is 10.00. The zero-order valence-corrected chi connectivity index (χ0v) is 14.8. The zero-order chi connectivity index (χ0) is 14.8. The molecule has 0 aromatic heterocycles. The molecule has 0 aliphatic heterocycles. The minimum atomic E-state index is -0.000476. The second kappa shape index (κ2) is 4.47. The van der Waals surface area contributed by atoms with Crippen LogP contribution < -0.4 is 0 Å². The van der Waals surface area contributed by atoms with Gasteiger partial charge in [0.2, 0.25) is 0 Å². The largest absolute Gasteiger partial charge is 0.0843 e. The highest BCUT2D eigenvalue weighted by Gasteiger charge is 2.36. The van der Waals surface area contributed by atoms with Gasteiger partial charge in [-0.05, 0) is 73.8 Å². The van der Waals surface area contributed by atoms with E-state index in [0.29, 0.717) is 0 Å². The Balaban J connectivity index is 2.22. The van der Waals surface area contributed by atoms with Gasteiger partial charge in [-0.3, -0.25) is 0 Å². The number of halogens is 2. The maximum atomic E-state index is 6.24. The van der Waals surface area contributed by atoms with E-state index < -0.39 is 0 Å². The Bertz CT molecular complexity index is 893. The molecule has 0 atom stereocenters. The van der Waals surface area contributed by atoms with Gasteiger partial charge < -0.3 is 0 Å². The van der Waals surface area contributed by atoms with Crippen molar-refractivity contribution >= 4 is 45.0 Å². The first-order valence-electron chi connectivity index (χ1n) is 7.02. The molecule has 0 fully saturated rings. The molecule has 0 spiro atoms. The molecule has 3 aromatic rings. The van der Waals surface area contributed by atoms with E-state index in [0.717, 1.165) is 5.02 Å². The van der Waals surface area contributed by atoms with E-state index in [1.807, 2.05) is 6.07 Å². The molecule has 1 aliphatic carbocycles. The number of hydrogen-bond donors (Lipinski definition) is 0. The van der Waals surface area contributed by atoms with Gasteiger partial charge >= 0.3 is 0 Å². The Morgan fingerprint density at radius 1 is 0.905 bits per heavy atom. The first-order valence-corrected chi connectivity index (χ1v) is 8.48. The molecular weight excluding hydrogens is 391 g/mol. The molecule has 0 saturated heterocycles. The fourth-order valence-electron chi connectivity index (χ4n) is 3.51. The molecule has 0 nitrogen and oxygen atoms in total. The van der Waals surface area contributed by atoms with E-state index in [-0.39, 0.29) is 5.41 Å². The van der Waals surface area contributed by atoms with Gasteiger partial charge in [0.25, 0.3) is 0 Å². The van der Waals surface area contributed by atoms with Crippen LogP contribution in [0.2, 0.25) is 5.02 Å². The summed E-state index contributed by atoms with van der Waals surface area (Å²) in [5.41, 5.74) is 5.44. The van der Waals surface area contributed by atoms with Gasteiger partial charge in [-0.25, -0.2) is 0 Å². The van der Waals surface area contributed by atoms with Gasteiger partial charge in [-0.1, -0.05) is 55.8 Å². The van der Waals surface area contributed by atoms with Crippen molar-refractivity contribution in [3.8, 4) is 11.1 Å². The van der Waals surface area contributed by atoms with Crippen LogP contribution in [-0.4, -0.2) is 0 Å². The van der Waals surface area contributed by atoms with Crippen LogP contribution in [0.25, 0.3) is 21.9 Å². The topological polar surface area (TPSA) is 0 Å². The van der Waals surface area contributed by atoms with Gasteiger partial charge in [0.1, 0.15) is 0 Å². The third kappa shape index (κ3) is 1.80. The molecule has 0 radical (unpaired) electrons. The van der Waals surface area contributed by atoms with Crippen LogP contribution in [-0.2, 0) is 5.41 Å². The Kier molecular flexibility index (Phi) is 2.89. The molecule has 104 valence electrons. The third-order valence-corrected chi connectivity index (χ3v) is 5.72. The van der Waals surface area contributed by atoms with E-state index >= 15 is 0 Å². The molecule has 1 aliphatic rings. The number of rotatable bonds is 0. The summed E-state index contributed by atoms with van der Waals surface area (Å²) in [4.78, 5) is 0. The van der Waals surface area contributed by atoms with E-state index in [2.05, 4.69) is 78.9 Å². The summed E-state index contributed by atoms with van der Waals surface area (Å²) in [5, 5.41) is 3.48. The second-order valence-electron chi connectivity index (χ2n) is 6.14. The standard InChI is InChI=1S/C19H14ClI/c1-19(2)15-9-11(20)7-8-14(15)18-13-6-4-3-5-12(13)17(21)10-16(18)19/h3-10H,1-2H3. The van der Waals surface area contributed by atoms with Gasteiger partial charge in [-0.15, -0.1) is 0 Å². The average molecular weight is 405 g/mol. The van der Waals surface area contributed by atoms with Gasteiger partial charge in [-0.2, -0.15) is 0 Å². The van der Waals surface area contributed by atoms with E-state index in [9.17, 15) is 0 Å². The van der Waals surface area contributed by atoms with Crippen molar-refractivity contribution in [1.82, 2.24) is 0 Å². The van der Waals surface area contributed by atoms with Crippen molar-refractivity contribution < 1.29 is 0 Å². The molecule has 3 aromatic carbocycles. The molecule has 0 amide bonds. The van der Waals surface area contributed by atoms with E-state index in [1.54, 1.807) is 0 Å². The quantitative estimate of drug-likeness (QED) is 0.380. The van der Waals surface area contributed by atoms with Crippen molar-refractivity contribution in [3.63, 3.8) is 0 Å². The summed E-state index contributed by atoms with van der Waals surface area (Å²) >= 11 is 8.69. The monoisotopic (exact) mass is 404 g/mol. The SMILES string of the molecule is CC1(C)c2cc(Cl)ccc2-c2c1cc(I)c1ccccc21. The maximum absolute atomic E-state index is 6.24. The van der Waals surface area contributed by atoms with Crippen molar-refractivity contribution in [3.05, 3.63) is 68.3 Å². The lowest BCUT2D eigenvalue weighted by Crippen LogP contribution is -2.15. The number of hydrogen-bond acceptors (Lipinski definition) is 0. The van der Waals surface area contributed by atoms with Crippen molar-refractivity contribution in [1.29, 1.82) is 0 Å². The Morgan fingerprint density at radius 3 is 2.38 bits per heavy atom. The van der Waals surface area contributed by atoms with Crippen molar-refractivity contribution in [2.24, 2.45) is 0 Å². The van der Waals surface area contributed by atoms with Crippen molar-refractivity contribution in [2.45, 2.75) is 19.3 Å². The zero-order valence-electron chi connectivity index (χ0n) is 11.9. The molecule has 0 heterocycles. The average Bonchev–Trinajstić information content (AvgIpc) is 2.68. The molecule has 2 heteroatoms. The predicted molar refractivity (Wildman–Crippen MR) is 99.2 cm³/mol. The lowest BCUT2D eigenvalue weighted by molar-refractivity contribution is 0.660. The highest BCUT2D eigenvalue weighted by Crippen LogP contribution is 2.52. The van der Waals surface area contributed by atoms with E-state index in [4.69, 9.17) is 11.6 Å². The van der Waals surface area contributed by atoms with Crippen LogP contribution in [0.15, 0.2) is 48.5 Å². The van der Waals surface area contributed by atoms with Gasteiger partial charge in [0.05, 0.1) is 0 Å². The van der Waals surface area contributed by atoms with Crippen LogP contribution in [0.1, 0.15) is 25.0 Å². The Labute approximate surface area is 143 Å². The van der Waals surface area contributed by atoms with E-state index in [1.165, 1.54) is 36.6 Å². The minimum absolute atomic E-state index is 0.000476. The smallest absolute Gasteiger partial charge is 0.0409 e. The molecule has 0 unspecified atom stereocenters. The van der Waals surface area contributed by atoms with Gasteiger partial charge in [0.15, 0.2) is 0 Å². The highest BCUT2D eigenvalue weighted by atomic mass is 127. The fraction of sp³-hybridized carbons (Fsp3) is 0.158. The summed E-state index contributed by atoms with van der Waals surface area (Å²) in [5.74, 6) is 0. The lowest BCUT2D eigenvalue weighted by Gasteiger charge is -2.22. The summed E-state index contributed by atoms with van der Waals surface area (Å²) in [6.07, 6.45) is 0. The molecule has 0 saturated carbocycles. The molecule has 0 N–H and O–H groups in total. The Hall–Kier alpha value is -1.06. The number of fused-ring (bicyclic) bond motifs is 5. The predicted octanol–water partition coefficient (Wildman–Crippen LogP) is 6.40.